The average molecular weight is 463 g/mol. The minimum Gasteiger partial charge on any atom is -0.486 e. The summed E-state index contributed by atoms with van der Waals surface area (Å²) in [6.07, 6.45) is 3.81. The molecule has 0 radical (unpaired) electrons. The van der Waals surface area contributed by atoms with Gasteiger partial charge in [0.2, 0.25) is 0 Å². The Labute approximate surface area is 165 Å². The zero-order valence-corrected chi connectivity index (χ0v) is 17.0. The summed E-state index contributed by atoms with van der Waals surface area (Å²) in [5.41, 5.74) is 0. The Kier molecular flexibility index (Phi) is 7.74. The summed E-state index contributed by atoms with van der Waals surface area (Å²) in [5.74, 6) is 0.680. The fraction of sp³-hybridized carbons (Fsp3) is 0.611. The molecule has 5 nitrogen and oxygen atoms in total. The first-order valence-electron chi connectivity index (χ1n) is 8.77. The normalized spacial score (nSPS) is 26.0. The summed E-state index contributed by atoms with van der Waals surface area (Å²) < 4.78 is 25.1. The molecule has 7 heteroatoms. The minimum absolute atomic E-state index is 0. The highest BCUT2D eigenvalue weighted by molar-refractivity contribution is 14.0. The van der Waals surface area contributed by atoms with Crippen LogP contribution in [0, 0.1) is 5.82 Å². The third kappa shape index (κ3) is 5.44. The molecule has 0 spiro atoms. The highest BCUT2D eigenvalue weighted by Gasteiger charge is 2.41. The molecule has 0 aromatic heterocycles. The molecule has 2 aliphatic heterocycles. The monoisotopic (exact) mass is 463 g/mol. The number of benzene rings is 1. The Morgan fingerprint density at radius 1 is 1.40 bits per heavy atom. The lowest BCUT2D eigenvalue weighted by Crippen LogP contribution is -2.47. The molecule has 0 saturated carbocycles. The molecule has 3 rings (SSSR count). The lowest BCUT2D eigenvalue weighted by atomic mass is 9.96. The zero-order chi connectivity index (χ0) is 16.9. The Hall–Kier alpha value is -1.09. The first kappa shape index (κ1) is 20.2. The second-order valence-corrected chi connectivity index (χ2v) is 6.44. The number of rotatable bonds is 6. The molecule has 4 unspecified atom stereocenters. The molecule has 2 aliphatic rings. The fourth-order valence-electron chi connectivity index (χ4n) is 3.30. The van der Waals surface area contributed by atoms with Gasteiger partial charge < -0.3 is 20.1 Å². The summed E-state index contributed by atoms with van der Waals surface area (Å²) in [6.45, 7) is 5.16. The number of hydrogen-bond donors (Lipinski definition) is 2. The molecule has 1 aromatic rings. The standard InChI is InChI=1S/C18H26FN3O2.HI/c1-3-20-18(22-15-10-13-8-9-17(15)24-13)21-11-12(2)23-16-7-5-4-6-14(16)19;/h4-7,12-13,15,17H,3,8-11H2,1-2H3,(H2,20,21,22);1H. The van der Waals surface area contributed by atoms with Gasteiger partial charge in [0.05, 0.1) is 24.8 Å². The minimum atomic E-state index is -0.350. The van der Waals surface area contributed by atoms with Gasteiger partial charge in [-0.05, 0) is 45.2 Å². The van der Waals surface area contributed by atoms with Crippen molar-refractivity contribution in [2.45, 2.75) is 57.5 Å². The van der Waals surface area contributed by atoms with Crippen LogP contribution in [0.4, 0.5) is 4.39 Å². The topological polar surface area (TPSA) is 54.9 Å². The number of fused-ring (bicyclic) bond motifs is 2. The van der Waals surface area contributed by atoms with Crippen molar-refractivity contribution in [3.63, 3.8) is 0 Å². The Bertz CT molecular complexity index is 587. The predicted molar refractivity (Wildman–Crippen MR) is 107 cm³/mol. The van der Waals surface area contributed by atoms with Gasteiger partial charge in [-0.25, -0.2) is 9.38 Å². The molecule has 4 atom stereocenters. The van der Waals surface area contributed by atoms with Crippen molar-refractivity contribution in [3.8, 4) is 5.75 Å². The summed E-state index contributed by atoms with van der Waals surface area (Å²) in [7, 11) is 0. The summed E-state index contributed by atoms with van der Waals surface area (Å²) >= 11 is 0. The lowest BCUT2D eigenvalue weighted by Gasteiger charge is -2.23. The van der Waals surface area contributed by atoms with Crippen molar-refractivity contribution in [1.29, 1.82) is 0 Å². The molecular weight excluding hydrogens is 436 g/mol. The molecule has 2 heterocycles. The van der Waals surface area contributed by atoms with Gasteiger partial charge in [0.15, 0.2) is 17.5 Å². The molecule has 2 bridgehead atoms. The van der Waals surface area contributed by atoms with Crippen molar-refractivity contribution in [2.24, 2.45) is 4.99 Å². The van der Waals surface area contributed by atoms with Crippen molar-refractivity contribution in [3.05, 3.63) is 30.1 Å². The molecule has 25 heavy (non-hydrogen) atoms. The number of aliphatic imine (C=N–C) groups is 1. The van der Waals surface area contributed by atoms with Crippen LogP contribution in [-0.4, -0.2) is 43.4 Å². The van der Waals surface area contributed by atoms with Gasteiger partial charge in [0.1, 0.15) is 6.10 Å². The van der Waals surface area contributed by atoms with Crippen LogP contribution in [0.1, 0.15) is 33.1 Å². The van der Waals surface area contributed by atoms with E-state index in [2.05, 4.69) is 15.6 Å². The largest absolute Gasteiger partial charge is 0.486 e. The molecule has 0 aliphatic carbocycles. The van der Waals surface area contributed by atoms with Crippen LogP contribution in [0.25, 0.3) is 0 Å². The van der Waals surface area contributed by atoms with E-state index < -0.39 is 0 Å². The van der Waals surface area contributed by atoms with Crippen molar-refractivity contribution < 1.29 is 13.9 Å². The summed E-state index contributed by atoms with van der Waals surface area (Å²) in [4.78, 5) is 4.58. The van der Waals surface area contributed by atoms with Gasteiger partial charge in [-0.15, -0.1) is 24.0 Å². The molecule has 2 saturated heterocycles. The van der Waals surface area contributed by atoms with Crippen molar-refractivity contribution in [1.82, 2.24) is 10.6 Å². The van der Waals surface area contributed by atoms with E-state index in [0.29, 0.717) is 24.8 Å². The quantitative estimate of drug-likeness (QED) is 0.387. The fourth-order valence-corrected chi connectivity index (χ4v) is 3.30. The zero-order valence-electron chi connectivity index (χ0n) is 14.7. The van der Waals surface area contributed by atoms with Crippen molar-refractivity contribution in [2.75, 3.05) is 13.1 Å². The van der Waals surface area contributed by atoms with Crippen LogP contribution < -0.4 is 15.4 Å². The average Bonchev–Trinajstić information content (AvgIpc) is 3.18. The van der Waals surface area contributed by atoms with E-state index in [4.69, 9.17) is 9.47 Å². The maximum atomic E-state index is 13.6. The first-order chi connectivity index (χ1) is 11.7. The highest BCUT2D eigenvalue weighted by atomic mass is 127. The molecule has 2 N–H and O–H groups in total. The second-order valence-electron chi connectivity index (χ2n) is 6.44. The van der Waals surface area contributed by atoms with Crippen LogP contribution in [-0.2, 0) is 4.74 Å². The van der Waals surface area contributed by atoms with Crippen molar-refractivity contribution >= 4 is 29.9 Å². The van der Waals surface area contributed by atoms with Gasteiger partial charge in [0.25, 0.3) is 0 Å². The van der Waals surface area contributed by atoms with E-state index in [-0.39, 0.29) is 41.6 Å². The van der Waals surface area contributed by atoms with Crippen LogP contribution in [0.3, 0.4) is 0 Å². The van der Waals surface area contributed by atoms with Crippen LogP contribution in [0.5, 0.6) is 5.75 Å². The van der Waals surface area contributed by atoms with Crippen LogP contribution in [0.2, 0.25) is 0 Å². The number of nitrogens with zero attached hydrogens (tertiary/aromatic N) is 1. The highest BCUT2D eigenvalue weighted by Crippen LogP contribution is 2.34. The Morgan fingerprint density at radius 3 is 2.84 bits per heavy atom. The Morgan fingerprint density at radius 2 is 2.20 bits per heavy atom. The number of para-hydroxylation sites is 1. The van der Waals surface area contributed by atoms with E-state index in [9.17, 15) is 4.39 Å². The number of guanidine groups is 1. The molecule has 140 valence electrons. The van der Waals surface area contributed by atoms with Crippen LogP contribution in [0.15, 0.2) is 29.3 Å². The van der Waals surface area contributed by atoms with E-state index in [1.165, 1.54) is 12.5 Å². The first-order valence-corrected chi connectivity index (χ1v) is 8.77. The molecule has 1 aromatic carbocycles. The number of halogens is 2. The number of hydrogen-bond acceptors (Lipinski definition) is 3. The van der Waals surface area contributed by atoms with E-state index >= 15 is 0 Å². The second kappa shape index (κ2) is 9.56. The van der Waals surface area contributed by atoms with Gasteiger partial charge >= 0.3 is 0 Å². The maximum Gasteiger partial charge on any atom is 0.191 e. The lowest BCUT2D eigenvalue weighted by molar-refractivity contribution is 0.0992. The Balaban J connectivity index is 0.00000225. The number of ether oxygens (including phenoxy) is 2. The predicted octanol–water partition coefficient (Wildman–Crippen LogP) is 3.09. The SMILES string of the molecule is CCNC(=NCC(C)Oc1ccccc1F)NC1CC2CCC1O2.I. The van der Waals surface area contributed by atoms with E-state index in [1.807, 2.05) is 13.8 Å². The van der Waals surface area contributed by atoms with Gasteiger partial charge in [0, 0.05) is 6.54 Å². The van der Waals surface area contributed by atoms with Gasteiger partial charge in [-0.2, -0.15) is 0 Å². The van der Waals surface area contributed by atoms with E-state index in [0.717, 1.165) is 25.3 Å². The molecule has 0 amide bonds. The molecular formula is C18H27FIN3O2. The summed E-state index contributed by atoms with van der Waals surface area (Å²) in [5, 5.41) is 6.72. The van der Waals surface area contributed by atoms with Gasteiger partial charge in [-0.3, -0.25) is 0 Å². The van der Waals surface area contributed by atoms with E-state index in [1.54, 1.807) is 18.2 Å². The molecule has 2 fully saturated rings. The smallest absolute Gasteiger partial charge is 0.191 e. The summed E-state index contributed by atoms with van der Waals surface area (Å²) in [6, 6.07) is 6.76. The van der Waals surface area contributed by atoms with Crippen LogP contribution >= 0.6 is 24.0 Å². The maximum absolute atomic E-state index is 13.6. The number of nitrogens with one attached hydrogen (secondary N) is 2. The third-order valence-corrected chi connectivity index (χ3v) is 4.44. The third-order valence-electron chi connectivity index (χ3n) is 4.44. The van der Waals surface area contributed by atoms with Gasteiger partial charge in [-0.1, -0.05) is 12.1 Å².